The molecule has 1 aromatic carbocycles. The van der Waals surface area contributed by atoms with Crippen molar-refractivity contribution in [3.63, 3.8) is 0 Å². The Balaban J connectivity index is 1.48. The van der Waals surface area contributed by atoms with Crippen molar-refractivity contribution < 1.29 is 14.3 Å². The number of nitrogens with one attached hydrogen (secondary N) is 1. The molecule has 7 heteroatoms. The summed E-state index contributed by atoms with van der Waals surface area (Å²) < 4.78 is 5.36. The number of anilines is 2. The van der Waals surface area contributed by atoms with Gasteiger partial charge in [-0.1, -0.05) is 6.07 Å². The Morgan fingerprint density at radius 3 is 2.58 bits per heavy atom. The standard InChI is InChI=1S/C19H23N3O3S/c1-21(19(24)13-17-3-2-12-26-17)14-18(23)20-15-4-6-16(7-5-15)22-8-10-25-11-9-22/h2-7,12H,8-11,13-14H2,1H3,(H,20,23). The van der Waals surface area contributed by atoms with Gasteiger partial charge in [-0.3, -0.25) is 9.59 Å². The molecule has 6 nitrogen and oxygen atoms in total. The Kier molecular flexibility index (Phi) is 6.25. The number of likely N-dealkylation sites (N-methyl/N-ethyl adjacent to an activating group) is 1. The number of morpholine rings is 1. The van der Waals surface area contributed by atoms with Crippen molar-refractivity contribution in [2.45, 2.75) is 6.42 Å². The van der Waals surface area contributed by atoms with Gasteiger partial charge in [0.25, 0.3) is 0 Å². The molecule has 0 bridgehead atoms. The number of amides is 2. The molecule has 2 amide bonds. The molecular formula is C19H23N3O3S. The topological polar surface area (TPSA) is 61.9 Å². The number of hydrogen-bond acceptors (Lipinski definition) is 5. The van der Waals surface area contributed by atoms with Crippen molar-refractivity contribution in [2.24, 2.45) is 0 Å². The quantitative estimate of drug-likeness (QED) is 0.843. The molecule has 0 unspecified atom stereocenters. The molecule has 3 rings (SSSR count). The number of nitrogens with zero attached hydrogens (tertiary/aromatic N) is 2. The number of carbonyl (C=O) groups is 2. The minimum atomic E-state index is -0.203. The lowest BCUT2D eigenvalue weighted by Crippen LogP contribution is -2.36. The van der Waals surface area contributed by atoms with Crippen LogP contribution in [-0.4, -0.2) is 56.6 Å². The lowest BCUT2D eigenvalue weighted by Gasteiger charge is -2.28. The average molecular weight is 373 g/mol. The zero-order valence-electron chi connectivity index (χ0n) is 14.8. The molecule has 2 heterocycles. The molecule has 2 aromatic rings. The predicted octanol–water partition coefficient (Wildman–Crippen LogP) is 2.22. The van der Waals surface area contributed by atoms with E-state index in [0.717, 1.165) is 42.6 Å². The smallest absolute Gasteiger partial charge is 0.243 e. The molecule has 0 saturated carbocycles. The van der Waals surface area contributed by atoms with E-state index in [9.17, 15) is 9.59 Å². The summed E-state index contributed by atoms with van der Waals surface area (Å²) in [5.74, 6) is -0.267. The van der Waals surface area contributed by atoms with Gasteiger partial charge in [-0.15, -0.1) is 11.3 Å². The van der Waals surface area contributed by atoms with E-state index in [1.54, 1.807) is 18.4 Å². The van der Waals surface area contributed by atoms with Gasteiger partial charge in [0.05, 0.1) is 26.2 Å². The number of rotatable bonds is 6. The van der Waals surface area contributed by atoms with E-state index < -0.39 is 0 Å². The second-order valence-corrected chi connectivity index (χ2v) is 7.23. The highest BCUT2D eigenvalue weighted by Crippen LogP contribution is 2.19. The van der Waals surface area contributed by atoms with Crippen molar-refractivity contribution >= 4 is 34.5 Å². The normalized spacial score (nSPS) is 14.1. The molecule has 1 saturated heterocycles. The Morgan fingerprint density at radius 2 is 1.92 bits per heavy atom. The van der Waals surface area contributed by atoms with Crippen molar-refractivity contribution in [1.82, 2.24) is 4.90 Å². The Labute approximate surface area is 157 Å². The van der Waals surface area contributed by atoms with Gasteiger partial charge in [0.1, 0.15) is 0 Å². The zero-order valence-corrected chi connectivity index (χ0v) is 15.6. The number of carbonyl (C=O) groups excluding carboxylic acids is 2. The minimum Gasteiger partial charge on any atom is -0.378 e. The van der Waals surface area contributed by atoms with Crippen LogP contribution in [0.15, 0.2) is 41.8 Å². The van der Waals surface area contributed by atoms with Gasteiger partial charge >= 0.3 is 0 Å². The Morgan fingerprint density at radius 1 is 1.19 bits per heavy atom. The number of thiophene rings is 1. The largest absolute Gasteiger partial charge is 0.378 e. The van der Waals surface area contributed by atoms with Gasteiger partial charge in [-0.25, -0.2) is 0 Å². The van der Waals surface area contributed by atoms with Crippen LogP contribution in [0.4, 0.5) is 11.4 Å². The molecule has 26 heavy (non-hydrogen) atoms. The van der Waals surface area contributed by atoms with E-state index >= 15 is 0 Å². The van der Waals surface area contributed by atoms with Gasteiger partial charge in [-0.05, 0) is 35.7 Å². The van der Waals surface area contributed by atoms with Crippen LogP contribution in [-0.2, 0) is 20.7 Å². The van der Waals surface area contributed by atoms with E-state index in [4.69, 9.17) is 4.74 Å². The van der Waals surface area contributed by atoms with Gasteiger partial charge in [0.15, 0.2) is 0 Å². The molecule has 1 aliphatic rings. The maximum Gasteiger partial charge on any atom is 0.243 e. The molecule has 0 aliphatic carbocycles. The summed E-state index contributed by atoms with van der Waals surface area (Å²) in [6, 6.07) is 11.6. The first-order valence-corrected chi connectivity index (χ1v) is 9.49. The van der Waals surface area contributed by atoms with Crippen molar-refractivity contribution in [3.05, 3.63) is 46.7 Å². The summed E-state index contributed by atoms with van der Waals surface area (Å²) in [5, 5.41) is 4.78. The highest BCUT2D eigenvalue weighted by Gasteiger charge is 2.15. The van der Waals surface area contributed by atoms with Crippen molar-refractivity contribution in [3.8, 4) is 0 Å². The molecule has 1 aromatic heterocycles. The number of benzene rings is 1. The van der Waals surface area contributed by atoms with Crippen LogP contribution in [0.5, 0.6) is 0 Å². The minimum absolute atomic E-state index is 0.0371. The van der Waals surface area contributed by atoms with Gasteiger partial charge in [-0.2, -0.15) is 0 Å². The van der Waals surface area contributed by atoms with Crippen LogP contribution in [0.2, 0.25) is 0 Å². The van der Waals surface area contributed by atoms with Crippen molar-refractivity contribution in [2.75, 3.05) is 50.1 Å². The van der Waals surface area contributed by atoms with Crippen LogP contribution in [0, 0.1) is 0 Å². The van der Waals surface area contributed by atoms with E-state index in [-0.39, 0.29) is 18.4 Å². The Bertz CT molecular complexity index is 725. The van der Waals surface area contributed by atoms with Crippen molar-refractivity contribution in [1.29, 1.82) is 0 Å². The maximum atomic E-state index is 12.2. The lowest BCUT2D eigenvalue weighted by molar-refractivity contribution is -0.132. The third-order valence-corrected chi connectivity index (χ3v) is 5.12. The average Bonchev–Trinajstić information content (AvgIpc) is 3.16. The summed E-state index contributed by atoms with van der Waals surface area (Å²) in [5.41, 5.74) is 1.85. The van der Waals surface area contributed by atoms with Gasteiger partial charge < -0.3 is 19.9 Å². The van der Waals surface area contributed by atoms with Crippen LogP contribution in [0.1, 0.15) is 4.88 Å². The molecule has 0 radical (unpaired) electrons. The van der Waals surface area contributed by atoms with E-state index in [1.807, 2.05) is 41.8 Å². The molecule has 1 fully saturated rings. The molecular weight excluding hydrogens is 350 g/mol. The highest BCUT2D eigenvalue weighted by atomic mass is 32.1. The summed E-state index contributed by atoms with van der Waals surface area (Å²) in [7, 11) is 1.65. The van der Waals surface area contributed by atoms with E-state index in [0.29, 0.717) is 6.42 Å². The third-order valence-electron chi connectivity index (χ3n) is 4.24. The van der Waals surface area contributed by atoms with Crippen LogP contribution < -0.4 is 10.2 Å². The van der Waals surface area contributed by atoms with E-state index in [1.165, 1.54) is 4.90 Å². The second kappa shape index (κ2) is 8.82. The molecule has 1 N–H and O–H groups in total. The lowest BCUT2D eigenvalue weighted by atomic mass is 10.2. The maximum absolute atomic E-state index is 12.2. The first kappa shape index (κ1) is 18.4. The molecule has 1 aliphatic heterocycles. The van der Waals surface area contributed by atoms with Crippen LogP contribution in [0.3, 0.4) is 0 Å². The first-order valence-electron chi connectivity index (χ1n) is 8.61. The van der Waals surface area contributed by atoms with Crippen LogP contribution in [0.25, 0.3) is 0 Å². The van der Waals surface area contributed by atoms with Gasteiger partial charge in [0.2, 0.25) is 11.8 Å². The first-order chi connectivity index (χ1) is 12.6. The van der Waals surface area contributed by atoms with Crippen LogP contribution >= 0.6 is 11.3 Å². The third kappa shape index (κ3) is 5.06. The molecule has 138 valence electrons. The summed E-state index contributed by atoms with van der Waals surface area (Å²) >= 11 is 1.54. The second-order valence-electron chi connectivity index (χ2n) is 6.20. The Hall–Kier alpha value is -2.38. The fourth-order valence-electron chi connectivity index (χ4n) is 2.78. The van der Waals surface area contributed by atoms with Gasteiger partial charge in [0, 0.05) is 36.4 Å². The molecule has 0 atom stereocenters. The van der Waals surface area contributed by atoms with E-state index in [2.05, 4.69) is 10.2 Å². The summed E-state index contributed by atoms with van der Waals surface area (Å²) in [6.45, 7) is 3.27. The number of ether oxygens (including phenoxy) is 1. The number of hydrogen-bond donors (Lipinski definition) is 1. The highest BCUT2D eigenvalue weighted by molar-refractivity contribution is 7.10. The fourth-order valence-corrected chi connectivity index (χ4v) is 3.47. The predicted molar refractivity (Wildman–Crippen MR) is 104 cm³/mol. The summed E-state index contributed by atoms with van der Waals surface area (Å²) in [4.78, 5) is 29.1. The monoisotopic (exact) mass is 373 g/mol. The zero-order chi connectivity index (χ0) is 18.4. The molecule has 0 spiro atoms. The fraction of sp³-hybridized carbons (Fsp3) is 0.368. The summed E-state index contributed by atoms with van der Waals surface area (Å²) in [6.07, 6.45) is 0.329. The SMILES string of the molecule is CN(CC(=O)Nc1ccc(N2CCOCC2)cc1)C(=O)Cc1cccs1.